The molecule has 1 aromatic rings. The van der Waals surface area contributed by atoms with E-state index in [0.717, 1.165) is 6.42 Å². The first-order valence-electron chi connectivity index (χ1n) is 4.05. The molecule has 2 heterocycles. The van der Waals surface area contributed by atoms with Gasteiger partial charge in [-0.15, -0.1) is 11.3 Å². The van der Waals surface area contributed by atoms with E-state index in [-0.39, 0.29) is 11.4 Å². The molecule has 2 nitrogen and oxygen atoms in total. The van der Waals surface area contributed by atoms with Crippen molar-refractivity contribution in [2.45, 2.75) is 11.8 Å². The zero-order chi connectivity index (χ0) is 8.18. The summed E-state index contributed by atoms with van der Waals surface area (Å²) in [4.78, 5) is 12.6. The average Bonchev–Trinajstić information content (AvgIpc) is 2.49. The first-order valence-corrected chi connectivity index (χ1v) is 4.93. The molecular weight excluding hydrogens is 172 g/mol. The molecule has 2 aliphatic rings. The molecule has 12 heavy (non-hydrogen) atoms. The van der Waals surface area contributed by atoms with E-state index in [1.807, 2.05) is 17.5 Å². The van der Waals surface area contributed by atoms with E-state index in [2.05, 4.69) is 0 Å². The van der Waals surface area contributed by atoms with Crippen LogP contribution in [0.1, 0.15) is 11.3 Å². The zero-order valence-corrected chi connectivity index (χ0v) is 7.26. The van der Waals surface area contributed by atoms with Crippen molar-refractivity contribution in [2.75, 3.05) is 6.61 Å². The third kappa shape index (κ3) is 0.591. The van der Waals surface area contributed by atoms with Gasteiger partial charge in [-0.25, -0.2) is 0 Å². The summed E-state index contributed by atoms with van der Waals surface area (Å²) in [6.45, 7) is 0.636. The standard InChI is InChI=1S/C9H8O2S/c10-8-9(4-6(9)5-11-8)7-2-1-3-12-7/h1-3,6H,4-5H2. The van der Waals surface area contributed by atoms with E-state index in [1.54, 1.807) is 11.3 Å². The van der Waals surface area contributed by atoms with Crippen LogP contribution in [0.3, 0.4) is 0 Å². The van der Waals surface area contributed by atoms with Crippen LogP contribution in [-0.4, -0.2) is 12.6 Å². The minimum absolute atomic E-state index is 0.00468. The van der Waals surface area contributed by atoms with Gasteiger partial charge >= 0.3 is 5.97 Å². The monoisotopic (exact) mass is 180 g/mol. The maximum Gasteiger partial charge on any atom is 0.317 e. The summed E-state index contributed by atoms with van der Waals surface area (Å²) < 4.78 is 5.01. The number of ether oxygens (including phenoxy) is 1. The van der Waals surface area contributed by atoms with E-state index in [1.165, 1.54) is 4.88 Å². The van der Waals surface area contributed by atoms with E-state index >= 15 is 0 Å². The van der Waals surface area contributed by atoms with Gasteiger partial charge in [0.15, 0.2) is 0 Å². The van der Waals surface area contributed by atoms with Crippen molar-refractivity contribution in [3.05, 3.63) is 22.4 Å². The second-order valence-electron chi connectivity index (χ2n) is 3.45. The van der Waals surface area contributed by atoms with Gasteiger partial charge < -0.3 is 4.74 Å². The predicted octanol–water partition coefficient (Wildman–Crippen LogP) is 1.56. The van der Waals surface area contributed by atoms with Gasteiger partial charge in [-0.2, -0.15) is 0 Å². The van der Waals surface area contributed by atoms with Gasteiger partial charge in [0.2, 0.25) is 0 Å². The summed E-state index contributed by atoms with van der Waals surface area (Å²) in [7, 11) is 0. The molecule has 0 amide bonds. The molecule has 1 aliphatic carbocycles. The van der Waals surface area contributed by atoms with Crippen molar-refractivity contribution in [1.29, 1.82) is 0 Å². The summed E-state index contributed by atoms with van der Waals surface area (Å²) >= 11 is 1.66. The van der Waals surface area contributed by atoms with Gasteiger partial charge in [0.05, 0.1) is 6.61 Å². The fraction of sp³-hybridized carbons (Fsp3) is 0.444. The van der Waals surface area contributed by atoms with E-state index in [0.29, 0.717) is 12.5 Å². The molecule has 1 saturated carbocycles. The van der Waals surface area contributed by atoms with Crippen LogP contribution in [0.15, 0.2) is 17.5 Å². The molecule has 0 N–H and O–H groups in total. The number of cyclic esters (lactones) is 1. The van der Waals surface area contributed by atoms with Crippen molar-refractivity contribution in [1.82, 2.24) is 0 Å². The summed E-state index contributed by atoms with van der Waals surface area (Å²) in [6, 6.07) is 4.03. The molecule has 1 saturated heterocycles. The lowest BCUT2D eigenvalue weighted by Crippen LogP contribution is -2.16. The van der Waals surface area contributed by atoms with Crippen LogP contribution in [0.5, 0.6) is 0 Å². The molecular formula is C9H8O2S. The fourth-order valence-corrected chi connectivity index (χ4v) is 3.03. The molecule has 1 aliphatic heterocycles. The van der Waals surface area contributed by atoms with Crippen molar-refractivity contribution in [3.63, 3.8) is 0 Å². The van der Waals surface area contributed by atoms with E-state index < -0.39 is 0 Å². The van der Waals surface area contributed by atoms with Gasteiger partial charge in [-0.05, 0) is 17.9 Å². The Balaban J connectivity index is 2.08. The van der Waals surface area contributed by atoms with E-state index in [4.69, 9.17) is 4.74 Å². The molecule has 1 aromatic heterocycles. The molecule has 62 valence electrons. The Hall–Kier alpha value is -0.830. The van der Waals surface area contributed by atoms with Gasteiger partial charge in [0.1, 0.15) is 5.41 Å². The topological polar surface area (TPSA) is 26.3 Å². The minimum atomic E-state index is -0.200. The van der Waals surface area contributed by atoms with Crippen molar-refractivity contribution in [3.8, 4) is 0 Å². The first-order chi connectivity index (χ1) is 5.84. The Morgan fingerprint density at radius 3 is 3.08 bits per heavy atom. The fourth-order valence-electron chi connectivity index (χ4n) is 2.02. The average molecular weight is 180 g/mol. The Labute approximate surface area is 74.2 Å². The first kappa shape index (κ1) is 6.66. The number of fused-ring (bicyclic) bond motifs is 1. The number of hydrogen-bond donors (Lipinski definition) is 0. The van der Waals surface area contributed by atoms with Crippen LogP contribution in [0.25, 0.3) is 0 Å². The smallest absolute Gasteiger partial charge is 0.317 e. The summed E-state index contributed by atoms with van der Waals surface area (Å²) in [5.41, 5.74) is -0.200. The summed E-state index contributed by atoms with van der Waals surface area (Å²) in [5.74, 6) is 0.471. The molecule has 0 aromatic carbocycles. The lowest BCUT2D eigenvalue weighted by atomic mass is 10.0. The molecule has 0 radical (unpaired) electrons. The zero-order valence-electron chi connectivity index (χ0n) is 6.45. The maximum atomic E-state index is 11.4. The number of carbonyl (C=O) groups is 1. The van der Waals surface area contributed by atoms with Crippen molar-refractivity contribution < 1.29 is 9.53 Å². The molecule has 0 bridgehead atoms. The lowest BCUT2D eigenvalue weighted by Gasteiger charge is -2.04. The van der Waals surface area contributed by atoms with Crippen LogP contribution in [0, 0.1) is 5.92 Å². The Bertz CT molecular complexity index is 330. The Morgan fingerprint density at radius 2 is 2.58 bits per heavy atom. The molecule has 2 unspecified atom stereocenters. The number of esters is 1. The van der Waals surface area contributed by atoms with Crippen LogP contribution >= 0.6 is 11.3 Å². The SMILES string of the molecule is O=C1OCC2CC12c1cccs1. The van der Waals surface area contributed by atoms with Crippen LogP contribution in [0.2, 0.25) is 0 Å². The highest BCUT2D eigenvalue weighted by Crippen LogP contribution is 2.59. The molecule has 2 atom stereocenters. The second-order valence-corrected chi connectivity index (χ2v) is 4.40. The van der Waals surface area contributed by atoms with Crippen molar-refractivity contribution in [2.24, 2.45) is 5.92 Å². The lowest BCUT2D eigenvalue weighted by molar-refractivity contribution is -0.142. The minimum Gasteiger partial charge on any atom is -0.465 e. The van der Waals surface area contributed by atoms with Gasteiger partial charge in [-0.3, -0.25) is 4.79 Å². The predicted molar refractivity (Wildman–Crippen MR) is 45.1 cm³/mol. The summed E-state index contributed by atoms with van der Waals surface area (Å²) in [6.07, 6.45) is 1.01. The Morgan fingerprint density at radius 1 is 1.67 bits per heavy atom. The second kappa shape index (κ2) is 1.91. The van der Waals surface area contributed by atoms with Crippen molar-refractivity contribution >= 4 is 17.3 Å². The van der Waals surface area contributed by atoms with Gasteiger partial charge in [0, 0.05) is 10.8 Å². The van der Waals surface area contributed by atoms with E-state index in [9.17, 15) is 4.79 Å². The van der Waals surface area contributed by atoms with Gasteiger partial charge in [0.25, 0.3) is 0 Å². The quantitative estimate of drug-likeness (QED) is 0.613. The van der Waals surface area contributed by atoms with Gasteiger partial charge in [-0.1, -0.05) is 6.07 Å². The summed E-state index contributed by atoms with van der Waals surface area (Å²) in [5, 5.41) is 2.02. The highest BCUT2D eigenvalue weighted by molar-refractivity contribution is 7.10. The third-order valence-electron chi connectivity index (χ3n) is 2.85. The maximum absolute atomic E-state index is 11.4. The van der Waals surface area contributed by atoms with Crippen LogP contribution in [-0.2, 0) is 14.9 Å². The number of hydrogen-bond acceptors (Lipinski definition) is 3. The van der Waals surface area contributed by atoms with Crippen LogP contribution in [0.4, 0.5) is 0 Å². The number of carbonyl (C=O) groups excluding carboxylic acids is 1. The Kier molecular flexibility index (Phi) is 1.06. The normalized spacial score (nSPS) is 37.7. The molecule has 0 spiro atoms. The van der Waals surface area contributed by atoms with Crippen LogP contribution < -0.4 is 0 Å². The highest BCUT2D eigenvalue weighted by Gasteiger charge is 2.67. The molecule has 3 rings (SSSR count). The molecule has 3 heteroatoms. The largest absolute Gasteiger partial charge is 0.465 e. The number of thiophene rings is 1. The highest BCUT2D eigenvalue weighted by atomic mass is 32.1. The third-order valence-corrected chi connectivity index (χ3v) is 3.89. The number of rotatable bonds is 1. The molecule has 2 fully saturated rings.